The van der Waals surface area contributed by atoms with Crippen LogP contribution in [-0.4, -0.2) is 76.6 Å². The Morgan fingerprint density at radius 3 is 2.84 bits per heavy atom. The molecule has 1 aliphatic rings. The molecule has 0 aromatic carbocycles. The summed E-state index contributed by atoms with van der Waals surface area (Å²) in [7, 11) is 1.74. The summed E-state index contributed by atoms with van der Waals surface area (Å²) in [4.78, 5) is 4.65. The molecule has 3 rings (SSSR count). The Labute approximate surface area is 110 Å². The second-order valence-electron chi connectivity index (χ2n) is 4.54. The van der Waals surface area contributed by atoms with Crippen LogP contribution in [0.1, 0.15) is 0 Å². The second kappa shape index (κ2) is 5.45. The maximum Gasteiger partial charge on any atom is 0.200 e. The number of ether oxygens (including phenoxy) is 1. The van der Waals surface area contributed by atoms with Gasteiger partial charge in [-0.05, 0) is 22.6 Å². The molecular weight excluding hydrogens is 246 g/mol. The first kappa shape index (κ1) is 12.2. The zero-order chi connectivity index (χ0) is 13.1. The first-order valence-electron chi connectivity index (χ1n) is 6.38. The van der Waals surface area contributed by atoms with Crippen molar-refractivity contribution in [2.45, 2.75) is 0 Å². The lowest BCUT2D eigenvalue weighted by Gasteiger charge is -2.34. The molecule has 102 valence electrons. The van der Waals surface area contributed by atoms with Crippen LogP contribution >= 0.6 is 0 Å². The van der Waals surface area contributed by atoms with Crippen molar-refractivity contribution >= 4 is 11.5 Å². The Bertz CT molecular complexity index is 535. The molecule has 0 unspecified atom stereocenters. The molecule has 0 bridgehead atoms. The molecule has 1 saturated heterocycles. The summed E-state index contributed by atoms with van der Waals surface area (Å²) in [5, 5.41) is 15.7. The number of methoxy groups -OCH3 is 1. The van der Waals surface area contributed by atoms with E-state index in [4.69, 9.17) is 4.74 Å². The molecule has 1 fully saturated rings. The van der Waals surface area contributed by atoms with E-state index in [1.54, 1.807) is 7.11 Å². The molecule has 0 radical (unpaired) electrons. The lowest BCUT2D eigenvalue weighted by Crippen LogP contribution is -2.47. The van der Waals surface area contributed by atoms with Crippen molar-refractivity contribution in [1.29, 1.82) is 0 Å². The van der Waals surface area contributed by atoms with Gasteiger partial charge in [0.2, 0.25) is 0 Å². The molecule has 0 spiro atoms. The lowest BCUT2D eigenvalue weighted by atomic mass is 10.3. The Morgan fingerprint density at radius 2 is 2.05 bits per heavy atom. The molecule has 2 aromatic heterocycles. The van der Waals surface area contributed by atoms with Gasteiger partial charge in [0.05, 0.1) is 6.61 Å². The number of rotatable bonds is 4. The minimum atomic E-state index is 0.669. The molecule has 0 atom stereocenters. The maximum absolute atomic E-state index is 5.10. The van der Waals surface area contributed by atoms with Gasteiger partial charge in [-0.3, -0.25) is 4.90 Å². The molecular formula is C11H17N7O. The first-order valence-corrected chi connectivity index (χ1v) is 6.38. The van der Waals surface area contributed by atoms with Crippen molar-refractivity contribution in [2.24, 2.45) is 0 Å². The molecule has 3 heterocycles. The maximum atomic E-state index is 5.10. The van der Waals surface area contributed by atoms with Crippen molar-refractivity contribution in [1.82, 2.24) is 30.2 Å². The van der Waals surface area contributed by atoms with E-state index in [0.717, 1.165) is 45.1 Å². The topological polar surface area (TPSA) is 71.7 Å². The highest BCUT2D eigenvalue weighted by Crippen LogP contribution is 2.13. The van der Waals surface area contributed by atoms with Crippen LogP contribution in [-0.2, 0) is 4.74 Å². The van der Waals surface area contributed by atoms with E-state index in [0.29, 0.717) is 5.65 Å². The molecule has 0 N–H and O–H groups in total. The third-order valence-corrected chi connectivity index (χ3v) is 3.36. The smallest absolute Gasteiger partial charge is 0.200 e. The van der Waals surface area contributed by atoms with Gasteiger partial charge in [0.25, 0.3) is 0 Å². The van der Waals surface area contributed by atoms with Gasteiger partial charge in [-0.25, -0.2) is 0 Å². The minimum Gasteiger partial charge on any atom is -0.383 e. The molecule has 1 aliphatic heterocycles. The highest BCUT2D eigenvalue weighted by atomic mass is 16.5. The quantitative estimate of drug-likeness (QED) is 0.721. The average molecular weight is 263 g/mol. The van der Waals surface area contributed by atoms with Crippen molar-refractivity contribution in [3.05, 3.63) is 12.1 Å². The highest BCUT2D eigenvalue weighted by molar-refractivity contribution is 5.44. The van der Waals surface area contributed by atoms with Gasteiger partial charge in [0, 0.05) is 39.8 Å². The van der Waals surface area contributed by atoms with Crippen molar-refractivity contribution in [3.63, 3.8) is 0 Å². The van der Waals surface area contributed by atoms with Gasteiger partial charge < -0.3 is 9.64 Å². The van der Waals surface area contributed by atoms with Crippen LogP contribution in [0.15, 0.2) is 12.1 Å². The lowest BCUT2D eigenvalue weighted by molar-refractivity contribution is 0.144. The summed E-state index contributed by atoms with van der Waals surface area (Å²) < 4.78 is 6.57. The summed E-state index contributed by atoms with van der Waals surface area (Å²) in [6, 6.07) is 3.86. The van der Waals surface area contributed by atoms with Crippen molar-refractivity contribution in [3.8, 4) is 0 Å². The van der Waals surface area contributed by atoms with Gasteiger partial charge in [-0.15, -0.1) is 14.8 Å². The SMILES string of the molecule is COCCN1CCN(c2ccc3nnnn3n2)CC1. The van der Waals surface area contributed by atoms with Crippen LogP contribution in [0, 0.1) is 0 Å². The summed E-state index contributed by atoms with van der Waals surface area (Å²) >= 11 is 0. The molecule has 2 aromatic rings. The van der Waals surface area contributed by atoms with Crippen LogP contribution < -0.4 is 4.90 Å². The first-order chi connectivity index (χ1) is 9.36. The molecule has 0 amide bonds. The van der Waals surface area contributed by atoms with Crippen molar-refractivity contribution < 1.29 is 4.74 Å². The minimum absolute atomic E-state index is 0.669. The van der Waals surface area contributed by atoms with Gasteiger partial charge in [0.15, 0.2) is 11.5 Å². The van der Waals surface area contributed by atoms with Crippen LogP contribution in [0.25, 0.3) is 5.65 Å². The zero-order valence-electron chi connectivity index (χ0n) is 10.9. The van der Waals surface area contributed by atoms with E-state index in [-0.39, 0.29) is 0 Å². The summed E-state index contributed by atoms with van der Waals surface area (Å²) in [6.07, 6.45) is 0. The number of fused-ring (bicyclic) bond motifs is 1. The fraction of sp³-hybridized carbons (Fsp3) is 0.636. The van der Waals surface area contributed by atoms with Crippen LogP contribution in [0.5, 0.6) is 0 Å². The second-order valence-corrected chi connectivity index (χ2v) is 4.54. The van der Waals surface area contributed by atoms with Crippen LogP contribution in [0.2, 0.25) is 0 Å². The summed E-state index contributed by atoms with van der Waals surface area (Å²) in [5.74, 6) is 0.922. The van der Waals surface area contributed by atoms with E-state index < -0.39 is 0 Å². The van der Waals surface area contributed by atoms with E-state index in [2.05, 4.69) is 30.4 Å². The van der Waals surface area contributed by atoms with Gasteiger partial charge in [-0.2, -0.15) is 0 Å². The molecule has 0 saturated carbocycles. The Kier molecular flexibility index (Phi) is 3.51. The predicted octanol–water partition coefficient (Wildman–Crippen LogP) is -0.712. The Hall–Kier alpha value is -1.80. The monoisotopic (exact) mass is 263 g/mol. The largest absolute Gasteiger partial charge is 0.383 e. The Morgan fingerprint density at radius 1 is 1.21 bits per heavy atom. The molecule has 0 aliphatic carbocycles. The Balaban J connectivity index is 1.64. The number of nitrogens with zero attached hydrogens (tertiary/aromatic N) is 7. The fourth-order valence-corrected chi connectivity index (χ4v) is 2.23. The number of tetrazole rings is 1. The van der Waals surface area contributed by atoms with E-state index >= 15 is 0 Å². The third-order valence-electron chi connectivity index (χ3n) is 3.36. The van der Waals surface area contributed by atoms with Crippen molar-refractivity contribution in [2.75, 3.05) is 51.3 Å². The number of anilines is 1. The van der Waals surface area contributed by atoms with Gasteiger partial charge in [0.1, 0.15) is 0 Å². The van der Waals surface area contributed by atoms with E-state index in [9.17, 15) is 0 Å². The normalized spacial score (nSPS) is 17.2. The predicted molar refractivity (Wildman–Crippen MR) is 69.1 cm³/mol. The fourth-order valence-electron chi connectivity index (χ4n) is 2.23. The summed E-state index contributed by atoms with van der Waals surface area (Å²) in [6.45, 7) is 5.75. The molecule has 8 nitrogen and oxygen atoms in total. The van der Waals surface area contributed by atoms with E-state index in [1.165, 1.54) is 4.63 Å². The average Bonchev–Trinajstić information content (AvgIpc) is 2.93. The molecule has 19 heavy (non-hydrogen) atoms. The van der Waals surface area contributed by atoms with E-state index in [1.807, 2.05) is 12.1 Å². The number of hydrogen-bond donors (Lipinski definition) is 0. The van der Waals surface area contributed by atoms with Crippen LogP contribution in [0.4, 0.5) is 5.82 Å². The van der Waals surface area contributed by atoms with Gasteiger partial charge in [-0.1, -0.05) is 0 Å². The number of piperazine rings is 1. The van der Waals surface area contributed by atoms with Crippen LogP contribution in [0.3, 0.4) is 0 Å². The van der Waals surface area contributed by atoms with Gasteiger partial charge >= 0.3 is 0 Å². The number of aromatic nitrogens is 5. The third kappa shape index (κ3) is 2.64. The zero-order valence-corrected chi connectivity index (χ0v) is 10.9. The number of hydrogen-bond acceptors (Lipinski definition) is 7. The standard InChI is InChI=1S/C11H17N7O/c1-19-9-8-16-4-6-17(7-5-16)11-3-2-10-12-14-15-18(10)13-11/h2-3H,4-9H2,1H3. The molecule has 8 heteroatoms. The summed E-state index contributed by atoms with van der Waals surface area (Å²) in [5.41, 5.74) is 0.669. The highest BCUT2D eigenvalue weighted by Gasteiger charge is 2.18.